The van der Waals surface area contributed by atoms with E-state index in [1.54, 1.807) is 4.90 Å². The molecule has 0 spiro atoms. The molecule has 0 aliphatic carbocycles. The first-order valence-corrected chi connectivity index (χ1v) is 8.78. The Labute approximate surface area is 152 Å². The van der Waals surface area contributed by atoms with Gasteiger partial charge in [0.15, 0.2) is 5.66 Å². The van der Waals surface area contributed by atoms with Gasteiger partial charge in [0.1, 0.15) is 6.61 Å². The van der Waals surface area contributed by atoms with Gasteiger partial charge in [0.2, 0.25) is 5.91 Å². The Morgan fingerprint density at radius 3 is 2.69 bits per heavy atom. The molecule has 0 atom stereocenters. The molecule has 7 nitrogen and oxygen atoms in total. The third-order valence-electron chi connectivity index (χ3n) is 4.56. The van der Waals surface area contributed by atoms with E-state index in [1.807, 2.05) is 24.3 Å². The van der Waals surface area contributed by atoms with Gasteiger partial charge in [-0.15, -0.1) is 12.3 Å². The fraction of sp³-hybridized carbons (Fsp3) is 0.474. The molecule has 0 bridgehead atoms. The van der Waals surface area contributed by atoms with Crippen LogP contribution < -0.4 is 5.32 Å². The summed E-state index contributed by atoms with van der Waals surface area (Å²) in [6, 6.07) is 7.65. The van der Waals surface area contributed by atoms with E-state index in [1.165, 1.54) is 0 Å². The average Bonchev–Trinajstić information content (AvgIpc) is 3.31. The summed E-state index contributed by atoms with van der Waals surface area (Å²) in [5.74, 6) is 2.52. The monoisotopic (exact) mass is 354 g/mol. The Morgan fingerprint density at radius 2 is 2.08 bits per heavy atom. The second-order valence-electron chi connectivity index (χ2n) is 6.48. The van der Waals surface area contributed by atoms with Crippen LogP contribution in [0.3, 0.4) is 0 Å². The SMILES string of the molecule is C#CCCC1(CCC(=O)Nc2ccc(CCN3CCOC3=O)cc2)N=N1. The van der Waals surface area contributed by atoms with Crippen molar-refractivity contribution in [3.8, 4) is 12.3 Å². The van der Waals surface area contributed by atoms with Gasteiger partial charge in [-0.05, 0) is 24.1 Å². The Kier molecular flexibility index (Phi) is 5.52. The van der Waals surface area contributed by atoms with Gasteiger partial charge in [-0.3, -0.25) is 4.79 Å². The molecule has 7 heteroatoms. The second kappa shape index (κ2) is 8.00. The number of rotatable bonds is 9. The summed E-state index contributed by atoms with van der Waals surface area (Å²) in [7, 11) is 0. The number of terminal acetylenes is 1. The third kappa shape index (κ3) is 4.82. The predicted octanol–water partition coefficient (Wildman–Crippen LogP) is 2.98. The first-order chi connectivity index (χ1) is 12.6. The Hall–Kier alpha value is -2.88. The molecule has 2 aliphatic heterocycles. The number of hydrogen-bond donors (Lipinski definition) is 1. The maximum absolute atomic E-state index is 12.1. The number of nitrogens with zero attached hydrogens (tertiary/aromatic N) is 3. The summed E-state index contributed by atoms with van der Waals surface area (Å²) in [4.78, 5) is 25.2. The van der Waals surface area contributed by atoms with Crippen molar-refractivity contribution in [3.05, 3.63) is 29.8 Å². The number of carbonyl (C=O) groups excluding carboxylic acids is 2. The molecular formula is C19H22N4O3. The van der Waals surface area contributed by atoms with Crippen molar-refractivity contribution in [1.82, 2.24) is 4.90 Å². The molecule has 2 aliphatic rings. The first-order valence-electron chi connectivity index (χ1n) is 8.78. The van der Waals surface area contributed by atoms with Crippen molar-refractivity contribution in [1.29, 1.82) is 0 Å². The highest BCUT2D eigenvalue weighted by Gasteiger charge is 2.39. The summed E-state index contributed by atoms with van der Waals surface area (Å²) >= 11 is 0. The third-order valence-corrected chi connectivity index (χ3v) is 4.56. The molecule has 26 heavy (non-hydrogen) atoms. The quantitative estimate of drug-likeness (QED) is 0.692. The number of anilines is 1. The zero-order chi connectivity index (χ0) is 18.4. The summed E-state index contributed by atoms with van der Waals surface area (Å²) in [5, 5.41) is 10.9. The number of nitrogens with one attached hydrogen (secondary N) is 1. The van der Waals surface area contributed by atoms with Crippen LogP contribution in [0.4, 0.5) is 10.5 Å². The number of cyclic esters (lactones) is 1. The Morgan fingerprint density at radius 1 is 1.31 bits per heavy atom. The van der Waals surface area contributed by atoms with E-state index in [0.29, 0.717) is 45.4 Å². The van der Waals surface area contributed by atoms with Gasteiger partial charge in [-0.25, -0.2) is 4.79 Å². The predicted molar refractivity (Wildman–Crippen MR) is 96.6 cm³/mol. The number of carbonyl (C=O) groups is 2. The molecule has 1 aromatic rings. The molecule has 2 amide bonds. The van der Waals surface area contributed by atoms with Crippen molar-refractivity contribution in [3.63, 3.8) is 0 Å². The molecule has 0 unspecified atom stereocenters. The number of ether oxygens (including phenoxy) is 1. The lowest BCUT2D eigenvalue weighted by Crippen LogP contribution is -2.26. The van der Waals surface area contributed by atoms with Crippen molar-refractivity contribution in [2.75, 3.05) is 25.0 Å². The zero-order valence-corrected chi connectivity index (χ0v) is 14.6. The van der Waals surface area contributed by atoms with E-state index in [9.17, 15) is 9.59 Å². The number of benzene rings is 1. The Balaban J connectivity index is 1.40. The topological polar surface area (TPSA) is 83.4 Å². The van der Waals surface area contributed by atoms with E-state index >= 15 is 0 Å². The smallest absolute Gasteiger partial charge is 0.409 e. The minimum absolute atomic E-state index is 0.0602. The summed E-state index contributed by atoms with van der Waals surface area (Å²) in [6.07, 6.45) is 8.03. The molecule has 0 aromatic heterocycles. The van der Waals surface area contributed by atoms with E-state index in [4.69, 9.17) is 11.2 Å². The average molecular weight is 354 g/mol. The van der Waals surface area contributed by atoms with Crippen molar-refractivity contribution < 1.29 is 14.3 Å². The van der Waals surface area contributed by atoms with Crippen LogP contribution in [0.2, 0.25) is 0 Å². The molecule has 0 saturated carbocycles. The van der Waals surface area contributed by atoms with Crippen LogP contribution >= 0.6 is 0 Å². The number of amides is 2. The van der Waals surface area contributed by atoms with E-state index in [0.717, 1.165) is 17.7 Å². The lowest BCUT2D eigenvalue weighted by atomic mass is 10.0. The largest absolute Gasteiger partial charge is 0.448 e. The van der Waals surface area contributed by atoms with Gasteiger partial charge >= 0.3 is 6.09 Å². The Bertz CT molecular complexity index is 730. The van der Waals surface area contributed by atoms with Crippen molar-refractivity contribution in [2.45, 2.75) is 37.8 Å². The fourth-order valence-electron chi connectivity index (χ4n) is 2.85. The normalized spacial score (nSPS) is 16.9. The van der Waals surface area contributed by atoms with Gasteiger partial charge in [0.05, 0.1) is 6.54 Å². The fourth-order valence-corrected chi connectivity index (χ4v) is 2.85. The summed E-state index contributed by atoms with van der Waals surface area (Å²) in [6.45, 7) is 1.75. The van der Waals surface area contributed by atoms with Gasteiger partial charge in [-0.2, -0.15) is 10.2 Å². The number of hydrogen-bond acceptors (Lipinski definition) is 5. The van der Waals surface area contributed by atoms with Crippen LogP contribution in [-0.2, 0) is 16.0 Å². The van der Waals surface area contributed by atoms with Gasteiger partial charge in [0, 0.05) is 37.9 Å². The highest BCUT2D eigenvalue weighted by atomic mass is 16.6. The zero-order valence-electron chi connectivity index (χ0n) is 14.6. The second-order valence-corrected chi connectivity index (χ2v) is 6.48. The minimum Gasteiger partial charge on any atom is -0.448 e. The molecule has 1 N–H and O–H groups in total. The molecule has 2 heterocycles. The summed E-state index contributed by atoms with van der Waals surface area (Å²) in [5.41, 5.74) is 1.43. The summed E-state index contributed by atoms with van der Waals surface area (Å²) < 4.78 is 4.91. The van der Waals surface area contributed by atoms with Gasteiger partial charge in [-0.1, -0.05) is 12.1 Å². The van der Waals surface area contributed by atoms with Crippen LogP contribution in [-0.4, -0.2) is 42.3 Å². The van der Waals surface area contributed by atoms with E-state index in [2.05, 4.69) is 21.5 Å². The standard InChI is InChI=1S/C19H22N4O3/c1-2-3-10-19(21-22-19)11-8-17(24)20-16-6-4-15(5-7-16)9-12-23-13-14-26-18(23)25/h1,4-7H,3,8-14H2,(H,20,24). The maximum Gasteiger partial charge on any atom is 0.409 e. The highest BCUT2D eigenvalue weighted by molar-refractivity contribution is 5.90. The van der Waals surface area contributed by atoms with E-state index < -0.39 is 5.66 Å². The van der Waals surface area contributed by atoms with Crippen LogP contribution in [0.1, 0.15) is 31.2 Å². The van der Waals surface area contributed by atoms with Crippen molar-refractivity contribution in [2.24, 2.45) is 10.2 Å². The molecule has 0 radical (unpaired) electrons. The van der Waals surface area contributed by atoms with Crippen LogP contribution in [0.15, 0.2) is 34.5 Å². The molecule has 136 valence electrons. The lowest BCUT2D eigenvalue weighted by molar-refractivity contribution is -0.116. The minimum atomic E-state index is -0.426. The van der Waals surface area contributed by atoms with Gasteiger partial charge < -0.3 is 15.0 Å². The van der Waals surface area contributed by atoms with Crippen LogP contribution in [0.5, 0.6) is 0 Å². The van der Waals surface area contributed by atoms with Crippen molar-refractivity contribution >= 4 is 17.7 Å². The highest BCUT2D eigenvalue weighted by Crippen LogP contribution is 2.37. The van der Waals surface area contributed by atoms with Crippen LogP contribution in [0.25, 0.3) is 0 Å². The molecule has 3 rings (SSSR count). The molecule has 1 aromatic carbocycles. The van der Waals surface area contributed by atoms with E-state index in [-0.39, 0.29) is 12.0 Å². The maximum atomic E-state index is 12.1. The lowest BCUT2D eigenvalue weighted by Gasteiger charge is -2.12. The first kappa shape index (κ1) is 17.9. The molecule has 1 fully saturated rings. The molecule has 1 saturated heterocycles. The molecular weight excluding hydrogens is 332 g/mol. The van der Waals surface area contributed by atoms with Gasteiger partial charge in [0.25, 0.3) is 0 Å². The van der Waals surface area contributed by atoms with Crippen LogP contribution in [0, 0.1) is 12.3 Å².